The molecule has 1 unspecified atom stereocenters. The third-order valence-corrected chi connectivity index (χ3v) is 8.03. The summed E-state index contributed by atoms with van der Waals surface area (Å²) >= 11 is 1.60. The Kier molecular flexibility index (Phi) is 7.88. The van der Waals surface area contributed by atoms with Crippen LogP contribution in [-0.4, -0.2) is 36.6 Å². The number of carbonyl (C=O) groups excluding carboxylic acids is 1. The second-order valence-corrected chi connectivity index (χ2v) is 10.5. The molecule has 2 aromatic carbocycles. The molecule has 1 aliphatic heterocycles. The van der Waals surface area contributed by atoms with Gasteiger partial charge in [-0.25, -0.2) is 0 Å². The van der Waals surface area contributed by atoms with Crippen LogP contribution in [0.15, 0.2) is 53.9 Å². The van der Waals surface area contributed by atoms with Crippen molar-refractivity contribution in [2.24, 2.45) is 0 Å². The smallest absolute Gasteiger partial charge is 0.321 e. The van der Waals surface area contributed by atoms with Crippen molar-refractivity contribution in [1.82, 2.24) is 5.32 Å². The van der Waals surface area contributed by atoms with Gasteiger partial charge in [-0.15, -0.1) is 11.3 Å². The van der Waals surface area contributed by atoms with Crippen LogP contribution >= 0.6 is 11.3 Å². The fourth-order valence-corrected chi connectivity index (χ4v) is 5.99. The number of aldehydes is 1. The molecule has 194 valence electrons. The number of benzene rings is 2. The monoisotopic (exact) mass is 521 g/mol. The first-order valence-electron chi connectivity index (χ1n) is 12.6. The number of nitrogens with one attached hydrogen (secondary N) is 1. The number of aliphatic carboxylic acids is 1. The zero-order valence-corrected chi connectivity index (χ0v) is 21.5. The maximum absolute atomic E-state index is 12.2. The SMILES string of the molecule is COc1ccc2c(c1OCc1cccs1)C[C@@H](C(=O)O)NC2c1ccccc1[C@H](C=O)OC1CCCC1. The van der Waals surface area contributed by atoms with Crippen molar-refractivity contribution in [3.63, 3.8) is 0 Å². The maximum Gasteiger partial charge on any atom is 0.321 e. The topological polar surface area (TPSA) is 94.1 Å². The van der Waals surface area contributed by atoms with Crippen LogP contribution in [-0.2, 0) is 27.4 Å². The Morgan fingerprint density at radius 3 is 2.65 bits per heavy atom. The van der Waals surface area contributed by atoms with E-state index in [4.69, 9.17) is 14.2 Å². The van der Waals surface area contributed by atoms with Crippen molar-refractivity contribution >= 4 is 23.6 Å². The minimum atomic E-state index is -0.950. The Morgan fingerprint density at radius 2 is 1.95 bits per heavy atom. The van der Waals surface area contributed by atoms with Crippen molar-refractivity contribution in [1.29, 1.82) is 0 Å². The molecule has 0 radical (unpaired) electrons. The lowest BCUT2D eigenvalue weighted by Gasteiger charge is -2.34. The van der Waals surface area contributed by atoms with Crippen LogP contribution in [0.5, 0.6) is 11.5 Å². The predicted molar refractivity (Wildman–Crippen MR) is 140 cm³/mol. The standard InChI is InChI=1S/C29H31NO6S/c1-34-25-13-12-22-23(28(25)35-17-19-9-6-14-37-19)15-24(29(32)33)30-27(22)21-11-5-4-10-20(21)26(16-31)36-18-7-2-3-8-18/h4-6,9-14,16,18,24,26-27,30H,2-3,7-8,15,17H2,1H3,(H,32,33)/t24-,26-,27?/m0/s1. The molecule has 0 bridgehead atoms. The fourth-order valence-electron chi connectivity index (χ4n) is 5.37. The molecule has 3 aromatic rings. The summed E-state index contributed by atoms with van der Waals surface area (Å²) in [5, 5.41) is 15.3. The summed E-state index contributed by atoms with van der Waals surface area (Å²) in [6, 6.07) is 14.1. The fraction of sp³-hybridized carbons (Fsp3) is 0.379. The van der Waals surface area contributed by atoms with Crippen molar-refractivity contribution < 1.29 is 28.9 Å². The molecule has 1 aromatic heterocycles. The summed E-state index contributed by atoms with van der Waals surface area (Å²) in [7, 11) is 1.58. The van der Waals surface area contributed by atoms with Gasteiger partial charge in [0.25, 0.3) is 0 Å². The second-order valence-electron chi connectivity index (χ2n) is 9.46. The number of methoxy groups -OCH3 is 1. The Morgan fingerprint density at radius 1 is 1.14 bits per heavy atom. The van der Waals surface area contributed by atoms with Gasteiger partial charge < -0.3 is 24.1 Å². The van der Waals surface area contributed by atoms with Gasteiger partial charge in [0.2, 0.25) is 0 Å². The lowest BCUT2D eigenvalue weighted by molar-refractivity contribution is -0.139. The minimum Gasteiger partial charge on any atom is -0.493 e. The summed E-state index contributed by atoms with van der Waals surface area (Å²) in [4.78, 5) is 25.5. The highest BCUT2D eigenvalue weighted by Gasteiger charge is 2.36. The van der Waals surface area contributed by atoms with Crippen LogP contribution in [0.25, 0.3) is 0 Å². The van der Waals surface area contributed by atoms with Crippen LogP contribution in [0, 0.1) is 0 Å². The molecule has 1 fully saturated rings. The average Bonchev–Trinajstić information content (AvgIpc) is 3.64. The minimum absolute atomic E-state index is 0.0585. The van der Waals surface area contributed by atoms with Gasteiger partial charge in [0.1, 0.15) is 18.8 Å². The Hall–Kier alpha value is -3.20. The number of hydrogen-bond donors (Lipinski definition) is 2. The zero-order valence-electron chi connectivity index (χ0n) is 20.7. The van der Waals surface area contributed by atoms with Crippen LogP contribution < -0.4 is 14.8 Å². The molecule has 1 saturated carbocycles. The largest absolute Gasteiger partial charge is 0.493 e. The summed E-state index contributed by atoms with van der Waals surface area (Å²) < 4.78 is 18.1. The maximum atomic E-state index is 12.2. The molecule has 7 nitrogen and oxygen atoms in total. The molecular formula is C29H31NO6S. The lowest BCUT2D eigenvalue weighted by Crippen LogP contribution is -2.45. The second kappa shape index (κ2) is 11.5. The molecule has 37 heavy (non-hydrogen) atoms. The number of carbonyl (C=O) groups is 2. The van der Waals surface area contributed by atoms with E-state index in [1.165, 1.54) is 0 Å². The van der Waals surface area contributed by atoms with E-state index in [0.717, 1.165) is 59.1 Å². The first-order valence-corrected chi connectivity index (χ1v) is 13.5. The average molecular weight is 522 g/mol. The van der Waals surface area contributed by atoms with E-state index in [9.17, 15) is 14.7 Å². The van der Waals surface area contributed by atoms with Gasteiger partial charge in [-0.1, -0.05) is 49.2 Å². The first-order chi connectivity index (χ1) is 18.1. The van der Waals surface area contributed by atoms with Crippen molar-refractivity contribution in [2.75, 3.05) is 7.11 Å². The van der Waals surface area contributed by atoms with Crippen LogP contribution in [0.4, 0.5) is 0 Å². The number of thiophene rings is 1. The normalized spacial score (nSPS) is 20.2. The zero-order chi connectivity index (χ0) is 25.8. The van der Waals surface area contributed by atoms with Gasteiger partial charge in [0.15, 0.2) is 17.8 Å². The number of hydrogen-bond acceptors (Lipinski definition) is 7. The van der Waals surface area contributed by atoms with Gasteiger partial charge in [-0.2, -0.15) is 0 Å². The van der Waals surface area contributed by atoms with Crippen molar-refractivity contribution in [2.45, 2.75) is 63.0 Å². The molecule has 3 atom stereocenters. The van der Waals surface area contributed by atoms with Gasteiger partial charge in [-0.05, 0) is 47.0 Å². The molecule has 2 heterocycles. The summed E-state index contributed by atoms with van der Waals surface area (Å²) in [5.74, 6) is 0.163. The van der Waals surface area contributed by atoms with E-state index in [1.54, 1.807) is 18.4 Å². The van der Waals surface area contributed by atoms with Crippen molar-refractivity contribution in [3.05, 3.63) is 81.0 Å². The highest BCUT2D eigenvalue weighted by molar-refractivity contribution is 7.09. The van der Waals surface area contributed by atoms with Gasteiger partial charge in [-0.3, -0.25) is 10.1 Å². The number of fused-ring (bicyclic) bond motifs is 1. The van der Waals surface area contributed by atoms with Gasteiger partial charge in [0, 0.05) is 16.9 Å². The van der Waals surface area contributed by atoms with E-state index < -0.39 is 24.2 Å². The Labute approximate surface area is 220 Å². The summed E-state index contributed by atoms with van der Waals surface area (Å²) in [6.07, 6.45) is 4.53. The van der Waals surface area contributed by atoms with Crippen LogP contribution in [0.3, 0.4) is 0 Å². The third-order valence-electron chi connectivity index (χ3n) is 7.18. The molecule has 0 spiro atoms. The molecular weight excluding hydrogens is 490 g/mol. The molecule has 2 N–H and O–H groups in total. The van der Waals surface area contributed by atoms with E-state index in [1.807, 2.05) is 53.9 Å². The van der Waals surface area contributed by atoms with Crippen LogP contribution in [0.2, 0.25) is 0 Å². The van der Waals surface area contributed by atoms with E-state index in [-0.39, 0.29) is 12.5 Å². The summed E-state index contributed by atoms with van der Waals surface area (Å²) in [5.41, 5.74) is 3.26. The predicted octanol–water partition coefficient (Wildman–Crippen LogP) is 5.22. The molecule has 0 saturated heterocycles. The Balaban J connectivity index is 1.56. The van der Waals surface area contributed by atoms with Gasteiger partial charge >= 0.3 is 5.97 Å². The highest BCUT2D eigenvalue weighted by atomic mass is 32.1. The molecule has 0 amide bonds. The molecule has 8 heteroatoms. The third kappa shape index (κ3) is 5.42. The highest BCUT2D eigenvalue weighted by Crippen LogP contribution is 2.43. The van der Waals surface area contributed by atoms with E-state index in [0.29, 0.717) is 18.1 Å². The van der Waals surface area contributed by atoms with E-state index >= 15 is 0 Å². The number of ether oxygens (including phenoxy) is 3. The molecule has 5 rings (SSSR count). The number of carboxylic acids is 1. The quantitative estimate of drug-likeness (QED) is 0.353. The first kappa shape index (κ1) is 25.4. The lowest BCUT2D eigenvalue weighted by atomic mass is 9.83. The number of rotatable bonds is 10. The summed E-state index contributed by atoms with van der Waals surface area (Å²) in [6.45, 7) is 0.360. The van der Waals surface area contributed by atoms with E-state index in [2.05, 4.69) is 5.32 Å². The molecule has 1 aliphatic carbocycles. The van der Waals surface area contributed by atoms with Crippen molar-refractivity contribution in [3.8, 4) is 11.5 Å². The number of carboxylic acid groups (broad SMARTS) is 1. The Bertz CT molecular complexity index is 1240. The van der Waals surface area contributed by atoms with Gasteiger partial charge in [0.05, 0.1) is 19.3 Å². The van der Waals surface area contributed by atoms with Crippen LogP contribution in [0.1, 0.15) is 65.0 Å². The molecule has 2 aliphatic rings.